The highest BCUT2D eigenvalue weighted by Gasteiger charge is 2.14. The van der Waals surface area contributed by atoms with Gasteiger partial charge in [0, 0.05) is 18.7 Å². The summed E-state index contributed by atoms with van der Waals surface area (Å²) in [6.45, 7) is 7.00. The molecular weight excluding hydrogens is 460 g/mol. The Hall–Kier alpha value is -2.97. The van der Waals surface area contributed by atoms with E-state index in [1.165, 1.54) is 11.8 Å². The number of aromatic nitrogens is 3. The second kappa shape index (κ2) is 12.3. The lowest BCUT2D eigenvalue weighted by Crippen LogP contribution is -2.15. The molecule has 9 heteroatoms. The Morgan fingerprint density at radius 2 is 2.06 bits per heavy atom. The van der Waals surface area contributed by atoms with E-state index >= 15 is 0 Å². The minimum atomic E-state index is -0.164. The number of carbonyl (C=O) groups is 1. The fourth-order valence-electron chi connectivity index (χ4n) is 3.13. The van der Waals surface area contributed by atoms with Gasteiger partial charge in [0.15, 0.2) is 5.16 Å². The average Bonchev–Trinajstić information content (AvgIpc) is 3.18. The third kappa shape index (κ3) is 7.00. The molecular formula is C24H27ClN4O3S. The van der Waals surface area contributed by atoms with Crippen LogP contribution in [0.5, 0.6) is 11.5 Å². The van der Waals surface area contributed by atoms with Crippen LogP contribution < -0.4 is 14.8 Å². The van der Waals surface area contributed by atoms with Gasteiger partial charge in [0.2, 0.25) is 5.91 Å². The molecule has 3 rings (SSSR count). The van der Waals surface area contributed by atoms with Gasteiger partial charge in [-0.15, -0.1) is 16.8 Å². The number of carbonyl (C=O) groups excluding carboxylic acids is 1. The second-order valence-corrected chi connectivity index (χ2v) is 8.55. The predicted molar refractivity (Wildman–Crippen MR) is 133 cm³/mol. The van der Waals surface area contributed by atoms with Gasteiger partial charge in [0.1, 0.15) is 17.3 Å². The van der Waals surface area contributed by atoms with Crippen molar-refractivity contribution in [1.82, 2.24) is 14.8 Å². The first-order valence-electron chi connectivity index (χ1n) is 10.5. The van der Waals surface area contributed by atoms with E-state index in [-0.39, 0.29) is 11.7 Å². The molecule has 7 nitrogen and oxygen atoms in total. The molecule has 0 saturated heterocycles. The first-order valence-corrected chi connectivity index (χ1v) is 11.9. The van der Waals surface area contributed by atoms with Gasteiger partial charge in [-0.05, 0) is 43.2 Å². The van der Waals surface area contributed by atoms with E-state index in [1.54, 1.807) is 31.4 Å². The molecule has 0 spiro atoms. The summed E-state index contributed by atoms with van der Waals surface area (Å²) in [6, 6.07) is 13.1. The van der Waals surface area contributed by atoms with Crippen LogP contribution in [0.25, 0.3) is 0 Å². The average molecular weight is 487 g/mol. The van der Waals surface area contributed by atoms with E-state index in [9.17, 15) is 4.79 Å². The SMILES string of the molecule is C=CCn1c(CCCOc2ccccc2C)nnc1SCC(=O)Nc1ccc(OC)c(Cl)c1. The fourth-order valence-corrected chi connectivity index (χ4v) is 4.15. The van der Waals surface area contributed by atoms with Crippen LogP contribution in [-0.2, 0) is 17.8 Å². The Morgan fingerprint density at radius 3 is 2.79 bits per heavy atom. The molecule has 33 heavy (non-hydrogen) atoms. The number of allylic oxidation sites excluding steroid dienone is 1. The van der Waals surface area contributed by atoms with Crippen molar-refractivity contribution in [2.24, 2.45) is 0 Å². The standard InChI is InChI=1S/C24H27ClN4O3S/c1-4-13-29-22(10-7-14-32-20-9-6-5-8-17(20)2)27-28-24(29)33-16-23(30)26-18-11-12-21(31-3)19(25)15-18/h4-6,8-9,11-12,15H,1,7,10,13-14,16H2,2-3H3,(H,26,30). The molecule has 0 aliphatic heterocycles. The monoisotopic (exact) mass is 486 g/mol. The summed E-state index contributed by atoms with van der Waals surface area (Å²) in [5.74, 6) is 2.31. The van der Waals surface area contributed by atoms with Crippen molar-refractivity contribution in [3.8, 4) is 11.5 Å². The number of aryl methyl sites for hydroxylation is 2. The number of benzene rings is 2. The molecule has 1 heterocycles. The smallest absolute Gasteiger partial charge is 0.234 e. The lowest BCUT2D eigenvalue weighted by Gasteiger charge is -2.10. The van der Waals surface area contributed by atoms with E-state index in [0.29, 0.717) is 41.2 Å². The zero-order valence-corrected chi connectivity index (χ0v) is 20.3. The van der Waals surface area contributed by atoms with Gasteiger partial charge < -0.3 is 19.4 Å². The number of halogens is 1. The van der Waals surface area contributed by atoms with Gasteiger partial charge in [0.05, 0.1) is 24.5 Å². The second-order valence-electron chi connectivity index (χ2n) is 7.20. The summed E-state index contributed by atoms with van der Waals surface area (Å²) in [6.07, 6.45) is 3.30. The van der Waals surface area contributed by atoms with Crippen LogP contribution in [0.3, 0.4) is 0 Å². The van der Waals surface area contributed by atoms with Crippen LogP contribution >= 0.6 is 23.4 Å². The summed E-state index contributed by atoms with van der Waals surface area (Å²) in [5.41, 5.74) is 1.72. The molecule has 3 aromatic rings. The van der Waals surface area contributed by atoms with E-state index < -0.39 is 0 Å². The van der Waals surface area contributed by atoms with Gasteiger partial charge in [-0.2, -0.15) is 0 Å². The summed E-state index contributed by atoms with van der Waals surface area (Å²) in [5, 5.41) is 12.5. The Kier molecular flexibility index (Phi) is 9.21. The van der Waals surface area contributed by atoms with Gasteiger partial charge in [-0.3, -0.25) is 4.79 Å². The summed E-state index contributed by atoms with van der Waals surface area (Å²) in [7, 11) is 1.54. The number of nitrogens with zero attached hydrogens (tertiary/aromatic N) is 3. The Labute approximate surface area is 203 Å². The van der Waals surface area contributed by atoms with Crippen molar-refractivity contribution in [3.63, 3.8) is 0 Å². The summed E-state index contributed by atoms with van der Waals surface area (Å²) in [4.78, 5) is 12.4. The largest absolute Gasteiger partial charge is 0.495 e. The molecule has 1 amide bonds. The number of thioether (sulfide) groups is 1. The van der Waals surface area contributed by atoms with Crippen molar-refractivity contribution in [2.45, 2.75) is 31.5 Å². The quantitative estimate of drug-likeness (QED) is 0.216. The molecule has 0 aliphatic rings. The van der Waals surface area contributed by atoms with Crippen LogP contribution in [0.4, 0.5) is 5.69 Å². The highest BCUT2D eigenvalue weighted by atomic mass is 35.5. The molecule has 1 aromatic heterocycles. The van der Waals surface area contributed by atoms with E-state index in [4.69, 9.17) is 21.1 Å². The first kappa shape index (κ1) is 24.7. The molecule has 0 saturated carbocycles. The maximum absolute atomic E-state index is 12.4. The Bertz CT molecular complexity index is 1100. The van der Waals surface area contributed by atoms with Crippen LogP contribution in [-0.4, -0.2) is 40.1 Å². The number of nitrogens with one attached hydrogen (secondary N) is 1. The zero-order valence-electron chi connectivity index (χ0n) is 18.7. The molecule has 1 N–H and O–H groups in total. The van der Waals surface area contributed by atoms with E-state index in [0.717, 1.165) is 23.6 Å². The number of para-hydroxylation sites is 1. The van der Waals surface area contributed by atoms with Gasteiger partial charge in [0.25, 0.3) is 0 Å². The lowest BCUT2D eigenvalue weighted by atomic mass is 10.2. The van der Waals surface area contributed by atoms with Gasteiger partial charge in [-0.25, -0.2) is 0 Å². The Balaban J connectivity index is 1.53. The minimum Gasteiger partial charge on any atom is -0.495 e. The van der Waals surface area contributed by atoms with Crippen molar-refractivity contribution < 1.29 is 14.3 Å². The minimum absolute atomic E-state index is 0.164. The van der Waals surface area contributed by atoms with Gasteiger partial charge in [-0.1, -0.05) is 47.6 Å². The summed E-state index contributed by atoms with van der Waals surface area (Å²) >= 11 is 7.44. The highest BCUT2D eigenvalue weighted by Crippen LogP contribution is 2.27. The number of anilines is 1. The van der Waals surface area contributed by atoms with Crippen LogP contribution in [0.2, 0.25) is 5.02 Å². The molecule has 174 valence electrons. The molecule has 0 unspecified atom stereocenters. The predicted octanol–water partition coefficient (Wildman–Crippen LogP) is 5.18. The molecule has 0 fully saturated rings. The maximum Gasteiger partial charge on any atom is 0.234 e. The summed E-state index contributed by atoms with van der Waals surface area (Å²) < 4.78 is 13.0. The molecule has 0 aliphatic carbocycles. The van der Waals surface area contributed by atoms with Crippen LogP contribution in [0.1, 0.15) is 17.8 Å². The number of hydrogen-bond donors (Lipinski definition) is 1. The van der Waals surface area contributed by atoms with E-state index in [2.05, 4.69) is 22.1 Å². The number of ether oxygens (including phenoxy) is 2. The fraction of sp³-hybridized carbons (Fsp3) is 0.292. The van der Waals surface area contributed by atoms with Crippen molar-refractivity contribution in [1.29, 1.82) is 0 Å². The zero-order chi connectivity index (χ0) is 23.6. The number of methoxy groups -OCH3 is 1. The third-order valence-corrected chi connectivity index (χ3v) is 6.03. The molecule has 2 aromatic carbocycles. The molecule has 0 radical (unpaired) electrons. The third-order valence-electron chi connectivity index (χ3n) is 4.77. The highest BCUT2D eigenvalue weighted by molar-refractivity contribution is 7.99. The van der Waals surface area contributed by atoms with Gasteiger partial charge >= 0.3 is 0 Å². The van der Waals surface area contributed by atoms with Crippen LogP contribution in [0.15, 0.2) is 60.3 Å². The normalized spacial score (nSPS) is 10.6. The first-order chi connectivity index (χ1) is 16.0. The maximum atomic E-state index is 12.4. The lowest BCUT2D eigenvalue weighted by molar-refractivity contribution is -0.113. The number of amides is 1. The van der Waals surface area contributed by atoms with Crippen molar-refractivity contribution in [2.75, 3.05) is 24.8 Å². The van der Waals surface area contributed by atoms with Crippen molar-refractivity contribution in [3.05, 3.63) is 71.5 Å². The molecule has 0 bridgehead atoms. The topological polar surface area (TPSA) is 78.3 Å². The molecule has 0 atom stereocenters. The van der Waals surface area contributed by atoms with Crippen molar-refractivity contribution >= 4 is 35.0 Å². The van der Waals surface area contributed by atoms with Crippen LogP contribution in [0, 0.1) is 6.92 Å². The van der Waals surface area contributed by atoms with E-state index in [1.807, 2.05) is 35.8 Å². The number of rotatable bonds is 12. The Morgan fingerprint density at radius 1 is 1.24 bits per heavy atom. The number of hydrogen-bond acceptors (Lipinski definition) is 6.